The van der Waals surface area contributed by atoms with Crippen LogP contribution in [-0.4, -0.2) is 46.4 Å². The highest BCUT2D eigenvalue weighted by atomic mass is 19.4. The maximum Gasteiger partial charge on any atom is 0.416 e. The number of para-hydroxylation sites is 1. The second-order valence-electron chi connectivity index (χ2n) is 9.04. The molecule has 0 bridgehead atoms. The fourth-order valence-electron chi connectivity index (χ4n) is 4.35. The van der Waals surface area contributed by atoms with Gasteiger partial charge < -0.3 is 10.2 Å². The molecule has 180 valence electrons. The van der Waals surface area contributed by atoms with Crippen molar-refractivity contribution in [2.75, 3.05) is 18.9 Å². The number of benzene rings is 2. The number of halogens is 3. The van der Waals surface area contributed by atoms with E-state index in [-0.39, 0.29) is 24.4 Å². The van der Waals surface area contributed by atoms with Gasteiger partial charge in [-0.1, -0.05) is 44.2 Å². The Labute approximate surface area is 196 Å². The van der Waals surface area contributed by atoms with Gasteiger partial charge in [0.2, 0.25) is 5.91 Å². The van der Waals surface area contributed by atoms with Crippen molar-refractivity contribution < 1.29 is 22.8 Å². The molecule has 2 unspecified atom stereocenters. The Kier molecular flexibility index (Phi) is 6.29. The van der Waals surface area contributed by atoms with Gasteiger partial charge in [0, 0.05) is 32.0 Å². The lowest BCUT2D eigenvalue weighted by atomic mass is 9.98. The van der Waals surface area contributed by atoms with Gasteiger partial charge in [0.1, 0.15) is 12.1 Å². The van der Waals surface area contributed by atoms with Gasteiger partial charge in [-0.2, -0.15) is 13.2 Å². The summed E-state index contributed by atoms with van der Waals surface area (Å²) in [5.41, 5.74) is 1.34. The molecule has 34 heavy (non-hydrogen) atoms. The van der Waals surface area contributed by atoms with Crippen molar-refractivity contribution in [1.29, 1.82) is 0 Å². The van der Waals surface area contributed by atoms with Crippen LogP contribution in [0.4, 0.5) is 23.7 Å². The number of amides is 3. The Morgan fingerprint density at radius 2 is 1.65 bits per heavy atom. The monoisotopic (exact) mass is 472 g/mol. The molecule has 2 atom stereocenters. The Bertz CT molecular complexity index is 1080. The number of nitrogens with one attached hydrogen (secondary N) is 1. The maximum absolute atomic E-state index is 13.2. The van der Waals surface area contributed by atoms with E-state index in [0.717, 1.165) is 22.7 Å². The first-order valence-electron chi connectivity index (χ1n) is 11.1. The van der Waals surface area contributed by atoms with Crippen molar-refractivity contribution in [3.05, 3.63) is 77.6 Å². The highest BCUT2D eigenvalue weighted by Gasteiger charge is 2.50. The summed E-state index contributed by atoms with van der Waals surface area (Å²) in [6, 6.07) is 14.0. The van der Waals surface area contributed by atoms with Gasteiger partial charge in [0.15, 0.2) is 0 Å². The number of anilines is 1. The number of carbonyl (C=O) groups excluding carboxylic acids is 2. The van der Waals surface area contributed by atoms with E-state index in [2.05, 4.69) is 5.32 Å². The first-order chi connectivity index (χ1) is 16.1. The number of urea groups is 1. The standard InChI is InChI=1S/C25H27F3N4O2/c1-16(2)13-32-20-15-31(14-17-9-11-18(12-10-17)25(26,27)28)22(29-19-7-5-4-6-8-19)21(20)23(33)30(3)24(32)34/h4-12,15-16,21-22,29H,13-14H2,1-3H3. The van der Waals surface area contributed by atoms with Crippen LogP contribution in [0.1, 0.15) is 25.0 Å². The van der Waals surface area contributed by atoms with Crippen LogP contribution in [0.2, 0.25) is 0 Å². The molecular formula is C25H27F3N4O2. The van der Waals surface area contributed by atoms with Crippen LogP contribution in [0.25, 0.3) is 0 Å². The number of rotatable bonds is 6. The fourth-order valence-corrected chi connectivity index (χ4v) is 4.35. The molecule has 0 aromatic heterocycles. The molecule has 1 N–H and O–H groups in total. The van der Waals surface area contributed by atoms with Crippen LogP contribution in [0, 0.1) is 11.8 Å². The molecule has 0 spiro atoms. The fraction of sp³-hybridized carbons (Fsp3) is 0.360. The second-order valence-corrected chi connectivity index (χ2v) is 9.04. The normalized spacial score (nSPS) is 20.7. The van der Waals surface area contributed by atoms with E-state index in [1.165, 1.54) is 19.2 Å². The minimum Gasteiger partial charge on any atom is -0.364 e. The van der Waals surface area contributed by atoms with Crippen LogP contribution >= 0.6 is 0 Å². The van der Waals surface area contributed by atoms with Crippen molar-refractivity contribution in [1.82, 2.24) is 14.7 Å². The minimum atomic E-state index is -4.41. The number of imide groups is 1. The molecule has 4 rings (SSSR count). The summed E-state index contributed by atoms with van der Waals surface area (Å²) in [5, 5.41) is 3.39. The Hall–Kier alpha value is -3.49. The van der Waals surface area contributed by atoms with Crippen LogP contribution in [0.15, 0.2) is 66.5 Å². The van der Waals surface area contributed by atoms with Crippen molar-refractivity contribution in [3.8, 4) is 0 Å². The zero-order valence-corrected chi connectivity index (χ0v) is 19.2. The molecule has 6 nitrogen and oxygen atoms in total. The van der Waals surface area contributed by atoms with E-state index in [4.69, 9.17) is 0 Å². The predicted molar refractivity (Wildman–Crippen MR) is 122 cm³/mol. The Morgan fingerprint density at radius 3 is 2.24 bits per heavy atom. The molecule has 2 aromatic carbocycles. The van der Waals surface area contributed by atoms with Crippen LogP contribution in [0.3, 0.4) is 0 Å². The number of hydrogen-bond acceptors (Lipinski definition) is 4. The molecule has 2 aliphatic heterocycles. The van der Waals surface area contributed by atoms with Crippen molar-refractivity contribution in [3.63, 3.8) is 0 Å². The van der Waals surface area contributed by atoms with Crippen molar-refractivity contribution in [2.24, 2.45) is 11.8 Å². The van der Waals surface area contributed by atoms with E-state index in [0.29, 0.717) is 17.8 Å². The average Bonchev–Trinajstić information content (AvgIpc) is 3.13. The lowest BCUT2D eigenvalue weighted by Gasteiger charge is -2.40. The zero-order valence-electron chi connectivity index (χ0n) is 19.2. The third-order valence-corrected chi connectivity index (χ3v) is 6.00. The van der Waals surface area contributed by atoms with Gasteiger partial charge in [-0.05, 0) is 35.7 Å². The SMILES string of the molecule is CC(C)CN1C(=O)N(C)C(=O)C2C1=CN(Cc1ccc(C(F)(F)F)cc1)C2Nc1ccccc1. The smallest absolute Gasteiger partial charge is 0.364 e. The van der Waals surface area contributed by atoms with E-state index in [1.54, 1.807) is 11.1 Å². The van der Waals surface area contributed by atoms with E-state index in [1.807, 2.05) is 49.1 Å². The number of nitrogens with zero attached hydrogens (tertiary/aromatic N) is 3. The molecule has 2 aliphatic rings. The van der Waals surface area contributed by atoms with Crippen LogP contribution in [0.5, 0.6) is 0 Å². The summed E-state index contributed by atoms with van der Waals surface area (Å²) in [5.74, 6) is -0.785. The first kappa shape index (κ1) is 23.7. The van der Waals surface area contributed by atoms with Gasteiger partial charge >= 0.3 is 12.2 Å². The molecule has 1 fully saturated rings. The summed E-state index contributed by atoms with van der Waals surface area (Å²) in [7, 11) is 1.48. The topological polar surface area (TPSA) is 55.9 Å². The van der Waals surface area contributed by atoms with E-state index < -0.39 is 23.8 Å². The largest absolute Gasteiger partial charge is 0.416 e. The van der Waals surface area contributed by atoms with E-state index in [9.17, 15) is 22.8 Å². The van der Waals surface area contributed by atoms with Gasteiger partial charge in [-0.25, -0.2) is 4.79 Å². The summed E-state index contributed by atoms with van der Waals surface area (Å²) >= 11 is 0. The van der Waals surface area contributed by atoms with Crippen LogP contribution in [-0.2, 0) is 17.5 Å². The molecule has 3 amide bonds. The third-order valence-electron chi connectivity index (χ3n) is 6.00. The molecule has 2 aromatic rings. The first-order valence-corrected chi connectivity index (χ1v) is 11.1. The summed E-state index contributed by atoms with van der Waals surface area (Å²) in [4.78, 5) is 30.8. The highest BCUT2D eigenvalue weighted by Crippen LogP contribution is 2.38. The van der Waals surface area contributed by atoms with Gasteiger partial charge in [0.25, 0.3) is 0 Å². The van der Waals surface area contributed by atoms with Crippen LogP contribution < -0.4 is 5.32 Å². The lowest BCUT2D eigenvalue weighted by molar-refractivity contribution is -0.137. The molecule has 0 radical (unpaired) electrons. The van der Waals surface area contributed by atoms with E-state index >= 15 is 0 Å². The lowest BCUT2D eigenvalue weighted by Crippen LogP contribution is -2.57. The number of fused-ring (bicyclic) bond motifs is 1. The van der Waals surface area contributed by atoms with Crippen molar-refractivity contribution in [2.45, 2.75) is 32.7 Å². The molecule has 9 heteroatoms. The minimum absolute atomic E-state index is 0.177. The molecule has 1 saturated heterocycles. The van der Waals surface area contributed by atoms with Crippen molar-refractivity contribution >= 4 is 17.6 Å². The Morgan fingerprint density at radius 1 is 1.00 bits per heavy atom. The summed E-state index contributed by atoms with van der Waals surface area (Å²) in [6.07, 6.45) is -3.14. The maximum atomic E-state index is 13.2. The quantitative estimate of drug-likeness (QED) is 0.645. The molecule has 0 aliphatic carbocycles. The summed E-state index contributed by atoms with van der Waals surface area (Å²) in [6.45, 7) is 4.70. The number of carbonyl (C=O) groups is 2. The predicted octanol–water partition coefficient (Wildman–Crippen LogP) is 4.97. The average molecular weight is 473 g/mol. The molecular weight excluding hydrogens is 445 g/mol. The number of hydrogen-bond donors (Lipinski definition) is 1. The highest BCUT2D eigenvalue weighted by molar-refractivity contribution is 6.01. The molecule has 0 saturated carbocycles. The zero-order chi connectivity index (χ0) is 24.6. The Balaban J connectivity index is 1.69. The van der Waals surface area contributed by atoms with Gasteiger partial charge in [0.05, 0.1) is 11.3 Å². The van der Waals surface area contributed by atoms with Gasteiger partial charge in [-0.15, -0.1) is 0 Å². The second kappa shape index (κ2) is 9.04. The summed E-state index contributed by atoms with van der Waals surface area (Å²) < 4.78 is 39.0. The van der Waals surface area contributed by atoms with Gasteiger partial charge in [-0.3, -0.25) is 14.6 Å². The molecule has 2 heterocycles. The third kappa shape index (κ3) is 4.60. The number of alkyl halides is 3.